The van der Waals surface area contributed by atoms with Gasteiger partial charge in [-0.3, -0.25) is 13.9 Å². The quantitative estimate of drug-likeness (QED) is 0.241. The molecule has 0 aromatic heterocycles. The second-order valence-corrected chi connectivity index (χ2v) is 12.7. The van der Waals surface area contributed by atoms with Crippen molar-refractivity contribution in [3.63, 3.8) is 0 Å². The molecule has 11 heteroatoms. The molecule has 0 fully saturated rings. The lowest BCUT2D eigenvalue weighted by Crippen LogP contribution is -2.52. The van der Waals surface area contributed by atoms with Gasteiger partial charge in [0.25, 0.3) is 10.0 Å². The Morgan fingerprint density at radius 3 is 2.12 bits per heavy atom. The van der Waals surface area contributed by atoms with Gasteiger partial charge in [0.1, 0.15) is 18.3 Å². The van der Waals surface area contributed by atoms with E-state index < -0.39 is 28.5 Å². The molecule has 0 aliphatic heterocycles. The summed E-state index contributed by atoms with van der Waals surface area (Å²) in [5.41, 5.74) is 1.03. The van der Waals surface area contributed by atoms with Crippen LogP contribution in [0.15, 0.2) is 82.2 Å². The Kier molecular flexibility index (Phi) is 11.6. The molecule has 0 saturated heterocycles. The van der Waals surface area contributed by atoms with Crippen LogP contribution in [0.25, 0.3) is 0 Å². The van der Waals surface area contributed by atoms with Crippen molar-refractivity contribution in [1.82, 2.24) is 10.2 Å². The first-order chi connectivity index (χ1) is 19.5. The predicted molar refractivity (Wildman–Crippen MR) is 166 cm³/mol. The van der Waals surface area contributed by atoms with Gasteiger partial charge in [0.2, 0.25) is 11.8 Å². The Labute approximate surface area is 255 Å². The van der Waals surface area contributed by atoms with Gasteiger partial charge in [-0.1, -0.05) is 46.6 Å². The van der Waals surface area contributed by atoms with E-state index in [-0.39, 0.29) is 29.1 Å². The monoisotopic (exact) mass is 663 g/mol. The smallest absolute Gasteiger partial charge is 0.264 e. The maximum Gasteiger partial charge on any atom is 0.264 e. The number of anilines is 1. The summed E-state index contributed by atoms with van der Waals surface area (Å²) < 4.78 is 35.1. The number of nitrogens with one attached hydrogen (secondary N) is 1. The van der Waals surface area contributed by atoms with Gasteiger partial charge >= 0.3 is 0 Å². The third-order valence-corrected chi connectivity index (χ3v) is 9.12. The first kappa shape index (κ1) is 32.4. The number of amides is 2. The molecule has 0 bridgehead atoms. The molecule has 0 radical (unpaired) electrons. The van der Waals surface area contributed by atoms with E-state index in [1.807, 2.05) is 20.8 Å². The summed E-state index contributed by atoms with van der Waals surface area (Å²) in [5, 5.41) is 3.46. The van der Waals surface area contributed by atoms with E-state index in [1.165, 1.54) is 17.0 Å². The molecule has 220 valence electrons. The van der Waals surface area contributed by atoms with Crippen molar-refractivity contribution in [2.75, 3.05) is 17.5 Å². The van der Waals surface area contributed by atoms with Crippen LogP contribution in [0.5, 0.6) is 5.75 Å². The number of nitrogens with zero attached hydrogens (tertiary/aromatic N) is 2. The summed E-state index contributed by atoms with van der Waals surface area (Å²) in [7, 11) is -4.17. The summed E-state index contributed by atoms with van der Waals surface area (Å²) in [6.07, 6.45) is 0.723. The van der Waals surface area contributed by atoms with Gasteiger partial charge in [-0.25, -0.2) is 8.42 Å². The average Bonchev–Trinajstić information content (AvgIpc) is 2.95. The zero-order valence-corrected chi connectivity index (χ0v) is 26.7. The zero-order valence-electron chi connectivity index (χ0n) is 23.5. The number of rotatable bonds is 13. The third kappa shape index (κ3) is 8.70. The normalized spacial score (nSPS) is 12.7. The number of carbonyl (C=O) groups excluding carboxylic acids is 2. The fourth-order valence-electron chi connectivity index (χ4n) is 3.97. The first-order valence-corrected chi connectivity index (χ1v) is 15.9. The van der Waals surface area contributed by atoms with Crippen molar-refractivity contribution < 1.29 is 22.7 Å². The maximum atomic E-state index is 14.0. The number of carbonyl (C=O) groups is 2. The van der Waals surface area contributed by atoms with Crippen LogP contribution in [-0.2, 0) is 26.2 Å². The Morgan fingerprint density at radius 2 is 1.56 bits per heavy atom. The van der Waals surface area contributed by atoms with Crippen LogP contribution in [0.2, 0.25) is 5.02 Å². The maximum absolute atomic E-state index is 14.0. The van der Waals surface area contributed by atoms with E-state index >= 15 is 0 Å². The van der Waals surface area contributed by atoms with Crippen LogP contribution in [0.1, 0.15) is 39.7 Å². The molecular weight excluding hydrogens is 630 g/mol. The molecule has 0 spiro atoms. The van der Waals surface area contributed by atoms with Gasteiger partial charge in [0.15, 0.2) is 0 Å². The minimum Gasteiger partial charge on any atom is -0.494 e. The summed E-state index contributed by atoms with van der Waals surface area (Å²) in [5.74, 6) is -0.297. The van der Waals surface area contributed by atoms with E-state index in [1.54, 1.807) is 67.6 Å². The van der Waals surface area contributed by atoms with Gasteiger partial charge in [-0.2, -0.15) is 0 Å². The molecule has 0 unspecified atom stereocenters. The number of halogens is 2. The van der Waals surface area contributed by atoms with Crippen molar-refractivity contribution >= 4 is 55.1 Å². The SMILES string of the molecule is CCOc1ccc(N(CC(=O)N(Cc2ccc(Cl)cc2)[C@@H](C)C(=O)N[C@H](C)CC)S(=O)(=O)c2ccc(Br)cc2)cc1. The highest BCUT2D eigenvalue weighted by molar-refractivity contribution is 9.10. The molecule has 0 aliphatic rings. The van der Waals surface area contributed by atoms with Crippen LogP contribution in [0.4, 0.5) is 5.69 Å². The predicted octanol–water partition coefficient (Wildman–Crippen LogP) is 6.03. The van der Waals surface area contributed by atoms with Crippen LogP contribution in [-0.4, -0.2) is 50.4 Å². The summed E-state index contributed by atoms with van der Waals surface area (Å²) >= 11 is 9.39. The zero-order chi connectivity index (χ0) is 30.2. The van der Waals surface area contributed by atoms with Gasteiger partial charge in [-0.05, 0) is 93.4 Å². The van der Waals surface area contributed by atoms with Gasteiger partial charge in [0.05, 0.1) is 17.2 Å². The van der Waals surface area contributed by atoms with E-state index in [4.69, 9.17) is 16.3 Å². The number of ether oxygens (including phenoxy) is 1. The molecule has 3 aromatic rings. The van der Waals surface area contributed by atoms with E-state index in [0.717, 1.165) is 20.8 Å². The number of hydrogen-bond donors (Lipinski definition) is 1. The molecule has 3 aromatic carbocycles. The summed E-state index contributed by atoms with van der Waals surface area (Å²) in [4.78, 5) is 28.5. The molecule has 0 aliphatic carbocycles. The van der Waals surface area contributed by atoms with E-state index in [0.29, 0.717) is 17.4 Å². The highest BCUT2D eigenvalue weighted by Gasteiger charge is 2.32. The number of benzene rings is 3. The largest absolute Gasteiger partial charge is 0.494 e. The second kappa shape index (κ2) is 14.7. The van der Waals surface area contributed by atoms with Crippen molar-refractivity contribution in [2.45, 2.75) is 57.6 Å². The molecule has 2 atom stereocenters. The van der Waals surface area contributed by atoms with E-state index in [9.17, 15) is 18.0 Å². The fraction of sp³-hybridized carbons (Fsp3) is 0.333. The van der Waals surface area contributed by atoms with Crippen molar-refractivity contribution in [3.05, 3.63) is 87.9 Å². The van der Waals surface area contributed by atoms with Crippen LogP contribution < -0.4 is 14.4 Å². The van der Waals surface area contributed by atoms with Crippen LogP contribution in [0.3, 0.4) is 0 Å². The lowest BCUT2D eigenvalue weighted by atomic mass is 10.1. The third-order valence-electron chi connectivity index (χ3n) is 6.55. The Bertz CT molecular complexity index is 1420. The minimum absolute atomic E-state index is 0.0224. The molecule has 0 saturated carbocycles. The molecule has 2 amide bonds. The fourth-order valence-corrected chi connectivity index (χ4v) is 5.78. The standard InChI is InChI=1S/C30H35BrClN3O5S/c1-5-21(3)33-30(37)22(4)34(19-23-7-11-25(32)12-8-23)29(36)20-35(26-13-15-27(16-14-26)40-6-2)41(38,39)28-17-9-24(31)10-18-28/h7-18,21-22H,5-6,19-20H2,1-4H3,(H,33,37)/t21-,22+/m1/s1. The Balaban J connectivity index is 2.02. The lowest BCUT2D eigenvalue weighted by Gasteiger charge is -2.32. The highest BCUT2D eigenvalue weighted by Crippen LogP contribution is 2.27. The molecule has 1 N–H and O–H groups in total. The first-order valence-electron chi connectivity index (χ1n) is 13.3. The van der Waals surface area contributed by atoms with Gasteiger partial charge in [0, 0.05) is 22.1 Å². The van der Waals surface area contributed by atoms with Crippen molar-refractivity contribution in [3.8, 4) is 5.75 Å². The highest BCUT2D eigenvalue weighted by atomic mass is 79.9. The molecular formula is C30H35BrClN3O5S. The van der Waals surface area contributed by atoms with Crippen molar-refractivity contribution in [1.29, 1.82) is 0 Å². The Morgan fingerprint density at radius 1 is 0.951 bits per heavy atom. The average molecular weight is 665 g/mol. The lowest BCUT2D eigenvalue weighted by molar-refractivity contribution is -0.139. The van der Waals surface area contributed by atoms with Crippen LogP contribution >= 0.6 is 27.5 Å². The molecule has 41 heavy (non-hydrogen) atoms. The summed E-state index contributed by atoms with van der Waals surface area (Å²) in [6, 6.07) is 18.7. The number of sulfonamides is 1. The molecule has 0 heterocycles. The second-order valence-electron chi connectivity index (χ2n) is 9.53. The van der Waals surface area contributed by atoms with Gasteiger partial charge in [-0.15, -0.1) is 0 Å². The Hall–Kier alpha value is -3.08. The topological polar surface area (TPSA) is 96.0 Å². The molecule has 8 nitrogen and oxygen atoms in total. The minimum atomic E-state index is -4.17. The van der Waals surface area contributed by atoms with Crippen LogP contribution in [0, 0.1) is 0 Å². The summed E-state index contributed by atoms with van der Waals surface area (Å²) in [6.45, 7) is 7.33. The molecule has 3 rings (SSSR count). The number of hydrogen-bond acceptors (Lipinski definition) is 5. The van der Waals surface area contributed by atoms with Crippen molar-refractivity contribution in [2.24, 2.45) is 0 Å². The van der Waals surface area contributed by atoms with E-state index in [2.05, 4.69) is 21.2 Å². The van der Waals surface area contributed by atoms with Gasteiger partial charge < -0.3 is 15.0 Å².